The van der Waals surface area contributed by atoms with Crippen LogP contribution in [0.3, 0.4) is 0 Å². The van der Waals surface area contributed by atoms with Crippen LogP contribution in [0.25, 0.3) is 22.1 Å². The number of aromatic nitrogens is 5. The lowest BCUT2D eigenvalue weighted by atomic mass is 10.3. The Morgan fingerprint density at radius 1 is 0.909 bits per heavy atom. The van der Waals surface area contributed by atoms with Crippen LogP contribution in [0, 0.1) is 0 Å². The number of para-hydroxylation sites is 3. The Labute approximate surface area is 126 Å². The van der Waals surface area contributed by atoms with Crippen molar-refractivity contribution < 1.29 is 5.11 Å². The minimum Gasteiger partial charge on any atom is -0.395 e. The molecule has 0 aliphatic heterocycles. The zero-order valence-electron chi connectivity index (χ0n) is 11.9. The molecule has 0 unspecified atom stereocenters. The van der Waals surface area contributed by atoms with Gasteiger partial charge in [-0.15, -0.1) is 5.10 Å². The fourth-order valence-electron chi connectivity index (χ4n) is 2.76. The third kappa shape index (κ3) is 2.05. The zero-order valence-corrected chi connectivity index (χ0v) is 11.9. The summed E-state index contributed by atoms with van der Waals surface area (Å²) in [5.41, 5.74) is 3.80. The number of imidazole rings is 1. The number of rotatable bonds is 4. The maximum atomic E-state index is 9.34. The van der Waals surface area contributed by atoms with Gasteiger partial charge in [0.05, 0.1) is 23.2 Å². The van der Waals surface area contributed by atoms with Crippen LogP contribution < -0.4 is 0 Å². The van der Waals surface area contributed by atoms with E-state index in [9.17, 15) is 5.11 Å². The second-order valence-corrected chi connectivity index (χ2v) is 5.13. The number of nitrogens with zero attached hydrogens (tertiary/aromatic N) is 5. The smallest absolute Gasteiger partial charge is 0.131 e. The lowest BCUT2D eigenvalue weighted by Crippen LogP contribution is -2.11. The van der Waals surface area contributed by atoms with Crippen molar-refractivity contribution in [1.29, 1.82) is 0 Å². The molecule has 1 N–H and O–H groups in total. The van der Waals surface area contributed by atoms with Crippen molar-refractivity contribution >= 4 is 22.1 Å². The number of aliphatic hydroxyl groups excluding tert-OH is 1. The molecule has 0 aliphatic rings. The van der Waals surface area contributed by atoms with Crippen molar-refractivity contribution in [3.05, 3.63) is 54.4 Å². The van der Waals surface area contributed by atoms with Crippen LogP contribution in [-0.2, 0) is 13.1 Å². The van der Waals surface area contributed by atoms with Gasteiger partial charge >= 0.3 is 0 Å². The lowest BCUT2D eigenvalue weighted by Gasteiger charge is -2.07. The minimum atomic E-state index is 0.0749. The first-order valence-corrected chi connectivity index (χ1v) is 7.20. The Morgan fingerprint density at radius 3 is 2.45 bits per heavy atom. The summed E-state index contributed by atoms with van der Waals surface area (Å²) in [6.45, 7) is 1.11. The fraction of sp³-hybridized carbons (Fsp3) is 0.188. The standard InChI is InChI=1S/C16H15N5O/c22-10-9-20-14-7-3-1-5-12(14)17-16(20)11-21-15-8-4-2-6-13(15)18-19-21/h1-8,22H,9-11H2. The molecule has 0 bridgehead atoms. The van der Waals surface area contributed by atoms with Crippen LogP contribution in [-0.4, -0.2) is 36.3 Å². The monoisotopic (exact) mass is 293 g/mol. The van der Waals surface area contributed by atoms with Gasteiger partial charge in [0.15, 0.2) is 0 Å². The molecule has 2 heterocycles. The SMILES string of the molecule is OCCn1c(Cn2nnc3ccccc32)nc2ccccc21. The van der Waals surface area contributed by atoms with Gasteiger partial charge < -0.3 is 9.67 Å². The van der Waals surface area contributed by atoms with E-state index in [1.54, 1.807) is 0 Å². The first-order valence-electron chi connectivity index (χ1n) is 7.20. The van der Waals surface area contributed by atoms with Crippen molar-refractivity contribution in [2.75, 3.05) is 6.61 Å². The van der Waals surface area contributed by atoms with E-state index >= 15 is 0 Å². The summed E-state index contributed by atoms with van der Waals surface area (Å²) in [6, 6.07) is 15.8. The van der Waals surface area contributed by atoms with Crippen LogP contribution >= 0.6 is 0 Å². The van der Waals surface area contributed by atoms with Crippen molar-refractivity contribution in [2.24, 2.45) is 0 Å². The average Bonchev–Trinajstić information content (AvgIpc) is 3.11. The number of benzene rings is 2. The van der Waals surface area contributed by atoms with E-state index in [1.165, 1.54) is 0 Å². The van der Waals surface area contributed by atoms with E-state index < -0.39 is 0 Å². The summed E-state index contributed by atoms with van der Waals surface area (Å²) >= 11 is 0. The molecule has 6 nitrogen and oxygen atoms in total. The third-order valence-electron chi connectivity index (χ3n) is 3.77. The maximum Gasteiger partial charge on any atom is 0.131 e. The van der Waals surface area contributed by atoms with Crippen molar-refractivity contribution in [1.82, 2.24) is 24.5 Å². The van der Waals surface area contributed by atoms with Gasteiger partial charge in [-0.2, -0.15) is 0 Å². The molecular weight excluding hydrogens is 278 g/mol. The molecule has 110 valence electrons. The molecule has 22 heavy (non-hydrogen) atoms. The van der Waals surface area contributed by atoms with Crippen molar-refractivity contribution in [2.45, 2.75) is 13.1 Å². The lowest BCUT2D eigenvalue weighted by molar-refractivity contribution is 0.275. The molecule has 0 spiro atoms. The van der Waals surface area contributed by atoms with Crippen LogP contribution in [0.5, 0.6) is 0 Å². The van der Waals surface area contributed by atoms with E-state index in [4.69, 9.17) is 0 Å². The second kappa shape index (κ2) is 5.23. The summed E-state index contributed by atoms with van der Waals surface area (Å²) in [7, 11) is 0. The predicted octanol–water partition coefficient (Wildman–Crippen LogP) is 1.82. The Balaban J connectivity index is 1.82. The molecule has 0 fully saturated rings. The first-order chi connectivity index (χ1) is 10.9. The molecule has 2 aromatic heterocycles. The summed E-state index contributed by atoms with van der Waals surface area (Å²) in [5.74, 6) is 0.867. The Morgan fingerprint density at radius 2 is 1.64 bits per heavy atom. The zero-order chi connectivity index (χ0) is 14.9. The largest absolute Gasteiger partial charge is 0.395 e. The highest BCUT2D eigenvalue weighted by Crippen LogP contribution is 2.18. The molecule has 2 aromatic carbocycles. The highest BCUT2D eigenvalue weighted by atomic mass is 16.3. The summed E-state index contributed by atoms with van der Waals surface area (Å²) in [6.07, 6.45) is 0. The molecular formula is C16H15N5O. The molecule has 0 saturated heterocycles. The normalized spacial score (nSPS) is 11.5. The van der Waals surface area contributed by atoms with E-state index in [2.05, 4.69) is 15.3 Å². The molecule has 4 aromatic rings. The highest BCUT2D eigenvalue weighted by molar-refractivity contribution is 5.76. The number of fused-ring (bicyclic) bond motifs is 2. The summed E-state index contributed by atoms with van der Waals surface area (Å²) in [4.78, 5) is 4.68. The van der Waals surface area contributed by atoms with Gasteiger partial charge in [-0.3, -0.25) is 0 Å². The summed E-state index contributed by atoms with van der Waals surface area (Å²) in [5, 5.41) is 17.7. The van der Waals surface area contributed by atoms with Crippen LogP contribution in [0.4, 0.5) is 0 Å². The fourth-order valence-corrected chi connectivity index (χ4v) is 2.76. The highest BCUT2D eigenvalue weighted by Gasteiger charge is 2.12. The number of hydrogen-bond acceptors (Lipinski definition) is 4. The molecule has 0 radical (unpaired) electrons. The maximum absolute atomic E-state index is 9.34. The topological polar surface area (TPSA) is 68.8 Å². The molecule has 0 saturated carbocycles. The van der Waals surface area contributed by atoms with Crippen LogP contribution in [0.2, 0.25) is 0 Å². The predicted molar refractivity (Wildman–Crippen MR) is 83.4 cm³/mol. The van der Waals surface area contributed by atoms with Gasteiger partial charge in [-0.05, 0) is 24.3 Å². The minimum absolute atomic E-state index is 0.0749. The van der Waals surface area contributed by atoms with Gasteiger partial charge in [-0.1, -0.05) is 29.5 Å². The van der Waals surface area contributed by atoms with E-state index in [1.807, 2.05) is 57.8 Å². The first kappa shape index (κ1) is 13.0. The van der Waals surface area contributed by atoms with Crippen LogP contribution in [0.15, 0.2) is 48.5 Å². The molecule has 4 rings (SSSR count). The Bertz CT molecular complexity index is 940. The third-order valence-corrected chi connectivity index (χ3v) is 3.77. The average molecular weight is 293 g/mol. The van der Waals surface area contributed by atoms with E-state index in [-0.39, 0.29) is 6.61 Å². The van der Waals surface area contributed by atoms with Crippen molar-refractivity contribution in [3.8, 4) is 0 Å². The molecule has 6 heteroatoms. The van der Waals surface area contributed by atoms with Crippen LogP contribution in [0.1, 0.15) is 5.82 Å². The van der Waals surface area contributed by atoms with Gasteiger partial charge in [0.2, 0.25) is 0 Å². The second-order valence-electron chi connectivity index (χ2n) is 5.13. The Hall–Kier alpha value is -2.73. The van der Waals surface area contributed by atoms with Gasteiger partial charge in [0.1, 0.15) is 17.9 Å². The van der Waals surface area contributed by atoms with Crippen molar-refractivity contribution in [3.63, 3.8) is 0 Å². The van der Waals surface area contributed by atoms with E-state index in [0.29, 0.717) is 13.1 Å². The summed E-state index contributed by atoms with van der Waals surface area (Å²) < 4.78 is 3.87. The Kier molecular flexibility index (Phi) is 3.08. The molecule has 0 atom stereocenters. The van der Waals surface area contributed by atoms with Gasteiger partial charge in [0.25, 0.3) is 0 Å². The number of hydrogen-bond donors (Lipinski definition) is 1. The molecule has 0 aliphatic carbocycles. The van der Waals surface area contributed by atoms with Gasteiger partial charge in [0, 0.05) is 6.54 Å². The van der Waals surface area contributed by atoms with E-state index in [0.717, 1.165) is 27.9 Å². The quantitative estimate of drug-likeness (QED) is 0.623. The van der Waals surface area contributed by atoms with Gasteiger partial charge in [-0.25, -0.2) is 9.67 Å². The molecule has 0 amide bonds. The number of aliphatic hydroxyl groups is 1.